The number of ether oxygens (including phenoxy) is 2. The molecule has 4 amide bonds. The number of carbonyl (C=O) groups is 4. The van der Waals surface area contributed by atoms with Crippen LogP contribution in [0.1, 0.15) is 68.6 Å². The van der Waals surface area contributed by atoms with Crippen molar-refractivity contribution in [3.8, 4) is 11.5 Å². The van der Waals surface area contributed by atoms with Crippen molar-refractivity contribution in [1.82, 2.24) is 44.0 Å². The second kappa shape index (κ2) is 19.4. The first-order valence-corrected chi connectivity index (χ1v) is 19.1. The molecule has 2 aromatic carbocycles. The number of hydrogen-bond donors (Lipinski definition) is 5. The highest BCUT2D eigenvalue weighted by Crippen LogP contribution is 2.33. The minimum absolute atomic E-state index is 0.213. The SMILES string of the molecule is CCn1nc(C)cc1C(=O)Nc1nc2cc(C(N)=O)cc(OC)c2n1C/C=C/Cn1c(NC(=O)c2cc(C)nn2CC)nc2cc(C)cc(OCCCNC)c21.NC=O. The first kappa shape index (κ1) is 43.1. The Kier molecular flexibility index (Phi) is 14.2. The number of nitrogens with one attached hydrogen (secondary N) is 3. The lowest BCUT2D eigenvalue weighted by molar-refractivity contribution is -0.106. The Morgan fingerprint density at radius 1 is 0.780 bits per heavy atom. The van der Waals surface area contributed by atoms with Crippen LogP contribution < -0.4 is 36.9 Å². The number of benzene rings is 2. The van der Waals surface area contributed by atoms with Crippen LogP contribution in [0.25, 0.3) is 22.1 Å². The Balaban J connectivity index is 0.00000214. The number of carbonyl (C=O) groups excluding carboxylic acids is 4. The fourth-order valence-electron chi connectivity index (χ4n) is 6.61. The normalized spacial score (nSPS) is 11.2. The third-order valence-electron chi connectivity index (χ3n) is 9.15. The standard InChI is InChI=1S/C39H48N12O5.CH3NO/c1-8-50-29(19-24(4)46-50)36(53)44-38-42-27-17-23(3)18-32(56-16-12-13-41-6)34(27)49(38)15-11-10-14-48-33-28(21-26(35(40)52)22-31(33)55-7)43-39(48)45-37(54)30-20-25(5)47-51(30)9-2;2-1-3/h10-11,17-22,41H,8-9,12-16H2,1-7H3,(H2,40,52)(H,42,44,53)(H,43,45,54);1H,(H2,2,3)/b11-10+;. The van der Waals surface area contributed by atoms with E-state index in [1.54, 1.807) is 38.2 Å². The van der Waals surface area contributed by atoms with Crippen molar-refractivity contribution in [2.75, 3.05) is 37.9 Å². The molecule has 0 saturated heterocycles. The Morgan fingerprint density at radius 2 is 1.29 bits per heavy atom. The zero-order valence-corrected chi connectivity index (χ0v) is 34.3. The maximum atomic E-state index is 13.7. The van der Waals surface area contributed by atoms with E-state index in [2.05, 4.69) is 31.9 Å². The van der Waals surface area contributed by atoms with Crippen LogP contribution in [0.5, 0.6) is 11.5 Å². The second-order valence-corrected chi connectivity index (χ2v) is 13.4. The van der Waals surface area contributed by atoms with Crippen LogP contribution in [0.3, 0.4) is 0 Å². The molecule has 0 spiro atoms. The van der Waals surface area contributed by atoms with E-state index in [4.69, 9.17) is 30.0 Å². The molecule has 0 unspecified atom stereocenters. The molecule has 0 aliphatic rings. The van der Waals surface area contributed by atoms with Gasteiger partial charge >= 0.3 is 0 Å². The number of aryl methyl sites for hydroxylation is 5. The Hall–Kier alpha value is -7.02. The summed E-state index contributed by atoms with van der Waals surface area (Å²) in [5.74, 6) is 0.193. The molecule has 0 aliphatic carbocycles. The molecular formula is C40H51N13O6. The minimum atomic E-state index is -0.641. The fourth-order valence-corrected chi connectivity index (χ4v) is 6.61. The zero-order valence-electron chi connectivity index (χ0n) is 34.3. The maximum Gasteiger partial charge on any atom is 0.276 e. The van der Waals surface area contributed by atoms with Crippen molar-refractivity contribution in [2.24, 2.45) is 11.5 Å². The molecule has 4 heterocycles. The van der Waals surface area contributed by atoms with Crippen LogP contribution in [0.15, 0.2) is 48.6 Å². The first-order valence-electron chi connectivity index (χ1n) is 19.1. The van der Waals surface area contributed by atoms with Crippen LogP contribution in [0.4, 0.5) is 11.9 Å². The highest BCUT2D eigenvalue weighted by Gasteiger charge is 2.23. The topological polar surface area (TPSA) is 246 Å². The fraction of sp³-hybridized carbons (Fsp3) is 0.350. The summed E-state index contributed by atoms with van der Waals surface area (Å²) in [5.41, 5.74) is 15.6. The van der Waals surface area contributed by atoms with Gasteiger partial charge in [-0.2, -0.15) is 10.2 Å². The van der Waals surface area contributed by atoms with Crippen LogP contribution in [0, 0.1) is 20.8 Å². The second-order valence-electron chi connectivity index (χ2n) is 13.4. The maximum absolute atomic E-state index is 13.7. The van der Waals surface area contributed by atoms with E-state index in [9.17, 15) is 14.4 Å². The van der Waals surface area contributed by atoms with Crippen molar-refractivity contribution in [3.05, 3.63) is 82.5 Å². The quantitative estimate of drug-likeness (QED) is 0.0505. The predicted octanol–water partition coefficient (Wildman–Crippen LogP) is 3.70. The summed E-state index contributed by atoms with van der Waals surface area (Å²) in [6.45, 7) is 12.3. The van der Waals surface area contributed by atoms with Gasteiger partial charge in [0.25, 0.3) is 11.8 Å². The predicted molar refractivity (Wildman–Crippen MR) is 224 cm³/mol. The van der Waals surface area contributed by atoms with Gasteiger partial charge in [0.05, 0.1) is 36.1 Å². The average Bonchev–Trinajstić information content (AvgIpc) is 3.97. The number of nitrogens with zero attached hydrogens (tertiary/aromatic N) is 8. The number of anilines is 2. The molecule has 4 aromatic heterocycles. The van der Waals surface area contributed by atoms with Crippen molar-refractivity contribution in [3.63, 3.8) is 0 Å². The highest BCUT2D eigenvalue weighted by atomic mass is 16.5. The van der Waals surface area contributed by atoms with E-state index < -0.39 is 11.8 Å². The molecule has 0 aliphatic heterocycles. The van der Waals surface area contributed by atoms with E-state index >= 15 is 0 Å². The average molecular weight is 810 g/mol. The Morgan fingerprint density at radius 3 is 1.76 bits per heavy atom. The van der Waals surface area contributed by atoms with E-state index in [1.807, 2.05) is 70.5 Å². The third kappa shape index (κ3) is 9.75. The number of allylic oxidation sites excluding steroid dienone is 2. The Labute approximate surface area is 340 Å². The largest absolute Gasteiger partial charge is 0.494 e. The van der Waals surface area contributed by atoms with E-state index in [1.165, 1.54) is 7.11 Å². The molecule has 0 bridgehead atoms. The van der Waals surface area contributed by atoms with E-state index in [0.717, 1.165) is 29.7 Å². The van der Waals surface area contributed by atoms with Crippen LogP contribution in [-0.4, -0.2) is 90.1 Å². The molecule has 6 aromatic rings. The first-order chi connectivity index (χ1) is 28.4. The molecule has 6 rings (SSSR count). The molecule has 0 atom stereocenters. The molecule has 7 N–H and O–H groups in total. The number of fused-ring (bicyclic) bond motifs is 2. The highest BCUT2D eigenvalue weighted by molar-refractivity contribution is 6.05. The molecular weight excluding hydrogens is 759 g/mol. The number of nitrogens with two attached hydrogens (primary N) is 2. The van der Waals surface area contributed by atoms with E-state index in [0.29, 0.717) is 77.3 Å². The molecule has 19 nitrogen and oxygen atoms in total. The van der Waals surface area contributed by atoms with Crippen molar-refractivity contribution in [1.29, 1.82) is 0 Å². The lowest BCUT2D eigenvalue weighted by Gasteiger charge is -2.13. The molecule has 19 heteroatoms. The van der Waals surface area contributed by atoms with Crippen molar-refractivity contribution >= 4 is 58.1 Å². The van der Waals surface area contributed by atoms with Gasteiger partial charge in [0, 0.05) is 31.7 Å². The number of amides is 4. The van der Waals surface area contributed by atoms with Gasteiger partial charge in [-0.05, 0) is 96.6 Å². The van der Waals surface area contributed by atoms with E-state index in [-0.39, 0.29) is 30.4 Å². The smallest absolute Gasteiger partial charge is 0.276 e. The number of rotatable bonds is 17. The zero-order chi connectivity index (χ0) is 42.8. The number of aromatic nitrogens is 8. The van der Waals surface area contributed by atoms with Gasteiger partial charge in [0.2, 0.25) is 24.2 Å². The summed E-state index contributed by atoms with van der Waals surface area (Å²) in [6, 6.07) is 10.5. The Bertz CT molecular complexity index is 2510. The van der Waals surface area contributed by atoms with Gasteiger partial charge < -0.3 is 35.4 Å². The third-order valence-corrected chi connectivity index (χ3v) is 9.15. The van der Waals surface area contributed by atoms with Gasteiger partial charge in [0.1, 0.15) is 33.9 Å². The lowest BCUT2D eigenvalue weighted by atomic mass is 10.1. The van der Waals surface area contributed by atoms with Gasteiger partial charge in [-0.25, -0.2) is 9.97 Å². The summed E-state index contributed by atoms with van der Waals surface area (Å²) in [6.07, 6.45) is 4.89. The number of primary amides is 2. The summed E-state index contributed by atoms with van der Waals surface area (Å²) < 4.78 is 19.0. The molecule has 0 radical (unpaired) electrons. The minimum Gasteiger partial charge on any atom is -0.494 e. The molecule has 0 saturated carbocycles. The lowest BCUT2D eigenvalue weighted by Crippen LogP contribution is -2.20. The number of methoxy groups -OCH3 is 1. The van der Waals surface area contributed by atoms with Gasteiger partial charge in [0.15, 0.2) is 0 Å². The van der Waals surface area contributed by atoms with Crippen LogP contribution >= 0.6 is 0 Å². The van der Waals surface area contributed by atoms with Gasteiger partial charge in [-0.1, -0.05) is 12.2 Å². The molecule has 312 valence electrons. The van der Waals surface area contributed by atoms with Crippen molar-refractivity contribution < 1.29 is 28.7 Å². The van der Waals surface area contributed by atoms with Crippen LogP contribution in [0.2, 0.25) is 0 Å². The summed E-state index contributed by atoms with van der Waals surface area (Å²) in [5, 5.41) is 17.9. The number of imidazole rings is 2. The summed E-state index contributed by atoms with van der Waals surface area (Å²) in [4.78, 5) is 57.6. The molecule has 59 heavy (non-hydrogen) atoms. The monoisotopic (exact) mass is 809 g/mol. The summed E-state index contributed by atoms with van der Waals surface area (Å²) >= 11 is 0. The van der Waals surface area contributed by atoms with Gasteiger partial charge in [-0.15, -0.1) is 0 Å². The summed E-state index contributed by atoms with van der Waals surface area (Å²) in [7, 11) is 3.39. The van der Waals surface area contributed by atoms with Gasteiger partial charge in [-0.3, -0.25) is 39.2 Å². The van der Waals surface area contributed by atoms with Crippen molar-refractivity contribution in [2.45, 2.75) is 67.2 Å². The molecule has 0 fully saturated rings. The van der Waals surface area contributed by atoms with Crippen LogP contribution in [-0.2, 0) is 31.0 Å². The number of hydrogen-bond acceptors (Lipinski definition) is 11.